The van der Waals surface area contributed by atoms with Crippen LogP contribution in [0.4, 0.5) is 9.93 Å². The summed E-state index contributed by atoms with van der Waals surface area (Å²) in [6, 6.07) is 8.33. The molecule has 1 aromatic carbocycles. The highest BCUT2D eigenvalue weighted by atomic mass is 32.1. The molecule has 2 aromatic rings. The van der Waals surface area contributed by atoms with Crippen molar-refractivity contribution >= 4 is 32.8 Å². The van der Waals surface area contributed by atoms with Gasteiger partial charge in [-0.3, -0.25) is 0 Å². The third-order valence-corrected chi connectivity index (χ3v) is 4.66. The number of likely N-dealkylation sites (tertiary alicyclic amines) is 1. The number of fused-ring (bicyclic) bond motifs is 1. The Morgan fingerprint density at radius 2 is 2.17 bits per heavy atom. The van der Waals surface area contributed by atoms with Gasteiger partial charge in [-0.15, -0.1) is 0 Å². The van der Waals surface area contributed by atoms with E-state index in [0.29, 0.717) is 6.54 Å². The molecule has 0 unspecified atom stereocenters. The van der Waals surface area contributed by atoms with E-state index in [9.17, 15) is 4.79 Å². The molecule has 0 aliphatic carbocycles. The standard InChI is InChI=1S/C17H23N3O2S/c1-17(2,3)22-16(21)20-10-6-7-12(11-20)18-15-19-13-8-4-5-9-14(13)23-15/h4-5,8-9,12H,6-7,10-11H2,1-3H3,(H,18,19)/t12-/m1/s1. The van der Waals surface area contributed by atoms with Crippen molar-refractivity contribution in [2.24, 2.45) is 0 Å². The Hall–Kier alpha value is -1.82. The van der Waals surface area contributed by atoms with Gasteiger partial charge in [-0.25, -0.2) is 9.78 Å². The minimum atomic E-state index is -0.454. The van der Waals surface area contributed by atoms with Gasteiger partial charge in [0.05, 0.1) is 10.2 Å². The van der Waals surface area contributed by atoms with Crippen LogP contribution in [-0.2, 0) is 4.74 Å². The van der Waals surface area contributed by atoms with Crippen LogP contribution in [-0.4, -0.2) is 40.7 Å². The Balaban J connectivity index is 1.63. The highest BCUT2D eigenvalue weighted by molar-refractivity contribution is 7.22. The predicted octanol–water partition coefficient (Wildman–Crippen LogP) is 4.11. The van der Waals surface area contributed by atoms with Gasteiger partial charge in [0.1, 0.15) is 5.60 Å². The van der Waals surface area contributed by atoms with E-state index in [1.807, 2.05) is 39.0 Å². The summed E-state index contributed by atoms with van der Waals surface area (Å²) in [6.45, 7) is 7.10. The molecule has 1 amide bonds. The van der Waals surface area contributed by atoms with Crippen molar-refractivity contribution in [2.45, 2.75) is 45.3 Å². The maximum Gasteiger partial charge on any atom is 0.410 e. The lowest BCUT2D eigenvalue weighted by Crippen LogP contribution is -2.46. The SMILES string of the molecule is CC(C)(C)OC(=O)N1CCC[C@@H](Nc2nc3ccccc3s2)C1. The zero-order chi connectivity index (χ0) is 16.4. The number of nitrogens with zero attached hydrogens (tertiary/aromatic N) is 2. The van der Waals surface area contributed by atoms with Crippen LogP contribution in [0.5, 0.6) is 0 Å². The molecule has 6 heteroatoms. The molecule has 1 aliphatic rings. The number of piperidine rings is 1. The fourth-order valence-corrected chi connectivity index (χ4v) is 3.64. The van der Waals surface area contributed by atoms with Crippen LogP contribution in [0.1, 0.15) is 33.6 Å². The second-order valence-electron chi connectivity index (χ2n) is 6.90. The molecule has 0 saturated carbocycles. The van der Waals surface area contributed by atoms with Gasteiger partial charge in [0.15, 0.2) is 5.13 Å². The number of thiazole rings is 1. The highest BCUT2D eigenvalue weighted by Crippen LogP contribution is 2.27. The van der Waals surface area contributed by atoms with Gasteiger partial charge in [0, 0.05) is 19.1 Å². The summed E-state index contributed by atoms with van der Waals surface area (Å²) in [5.41, 5.74) is 0.560. The number of aromatic nitrogens is 1. The summed E-state index contributed by atoms with van der Waals surface area (Å²) >= 11 is 1.65. The Bertz CT molecular complexity index is 659. The van der Waals surface area contributed by atoms with E-state index in [4.69, 9.17) is 4.74 Å². The first kappa shape index (κ1) is 16.1. The predicted molar refractivity (Wildman–Crippen MR) is 94.1 cm³/mol. The molecular formula is C17H23N3O2S. The summed E-state index contributed by atoms with van der Waals surface area (Å²) in [5, 5.41) is 4.39. The fraction of sp³-hybridized carbons (Fsp3) is 0.529. The monoisotopic (exact) mass is 333 g/mol. The summed E-state index contributed by atoms with van der Waals surface area (Å²) in [5.74, 6) is 0. The number of carbonyl (C=O) groups is 1. The summed E-state index contributed by atoms with van der Waals surface area (Å²) < 4.78 is 6.65. The maximum atomic E-state index is 12.2. The van der Waals surface area contributed by atoms with Gasteiger partial charge in [-0.1, -0.05) is 23.5 Å². The number of benzene rings is 1. The first-order chi connectivity index (χ1) is 10.9. The molecule has 124 valence electrons. The number of rotatable bonds is 2. The van der Waals surface area contributed by atoms with Crippen molar-refractivity contribution < 1.29 is 9.53 Å². The molecule has 5 nitrogen and oxygen atoms in total. The smallest absolute Gasteiger partial charge is 0.410 e. The molecule has 0 radical (unpaired) electrons. The number of hydrogen-bond donors (Lipinski definition) is 1. The molecule has 2 heterocycles. The van der Waals surface area contributed by atoms with Crippen molar-refractivity contribution in [2.75, 3.05) is 18.4 Å². The fourth-order valence-electron chi connectivity index (χ4n) is 2.70. The topological polar surface area (TPSA) is 54.5 Å². The Kier molecular flexibility index (Phi) is 4.43. The normalized spacial score (nSPS) is 18.9. The zero-order valence-electron chi connectivity index (χ0n) is 13.8. The first-order valence-electron chi connectivity index (χ1n) is 8.01. The van der Waals surface area contributed by atoms with E-state index in [-0.39, 0.29) is 12.1 Å². The lowest BCUT2D eigenvalue weighted by atomic mass is 10.1. The summed E-state index contributed by atoms with van der Waals surface area (Å²) in [6.07, 6.45) is 1.78. The molecular weight excluding hydrogens is 310 g/mol. The van der Waals surface area contributed by atoms with Crippen LogP contribution >= 0.6 is 11.3 Å². The Labute approximate surface area is 140 Å². The lowest BCUT2D eigenvalue weighted by Gasteiger charge is -2.34. The molecule has 23 heavy (non-hydrogen) atoms. The molecule has 1 saturated heterocycles. The van der Waals surface area contributed by atoms with Gasteiger partial charge in [-0.05, 0) is 45.7 Å². The number of ether oxygens (including phenoxy) is 1. The molecule has 3 rings (SSSR count). The number of nitrogens with one attached hydrogen (secondary N) is 1. The quantitative estimate of drug-likeness (QED) is 0.898. The van der Waals surface area contributed by atoms with E-state index >= 15 is 0 Å². The average Bonchev–Trinajstić information content (AvgIpc) is 2.88. The minimum Gasteiger partial charge on any atom is -0.444 e. The van der Waals surface area contributed by atoms with E-state index in [0.717, 1.165) is 30.0 Å². The van der Waals surface area contributed by atoms with E-state index in [1.54, 1.807) is 16.2 Å². The first-order valence-corrected chi connectivity index (χ1v) is 8.82. The molecule has 0 bridgehead atoms. The van der Waals surface area contributed by atoms with Crippen molar-refractivity contribution in [1.82, 2.24) is 9.88 Å². The zero-order valence-corrected chi connectivity index (χ0v) is 14.7. The van der Waals surface area contributed by atoms with Crippen molar-refractivity contribution in [1.29, 1.82) is 0 Å². The largest absolute Gasteiger partial charge is 0.444 e. The van der Waals surface area contributed by atoms with Crippen molar-refractivity contribution in [3.8, 4) is 0 Å². The van der Waals surface area contributed by atoms with E-state index < -0.39 is 5.60 Å². The van der Waals surface area contributed by atoms with Gasteiger partial charge in [0.2, 0.25) is 0 Å². The lowest BCUT2D eigenvalue weighted by molar-refractivity contribution is 0.0206. The number of carbonyl (C=O) groups excluding carboxylic acids is 1. The third kappa shape index (κ3) is 4.13. The van der Waals surface area contributed by atoms with Crippen LogP contribution in [0.15, 0.2) is 24.3 Å². The highest BCUT2D eigenvalue weighted by Gasteiger charge is 2.27. The van der Waals surface area contributed by atoms with Crippen LogP contribution in [0.2, 0.25) is 0 Å². The average molecular weight is 333 g/mol. The van der Waals surface area contributed by atoms with Gasteiger partial charge in [0.25, 0.3) is 0 Å². The molecule has 0 spiro atoms. The summed E-state index contributed by atoms with van der Waals surface area (Å²) in [4.78, 5) is 18.6. The maximum absolute atomic E-state index is 12.2. The van der Waals surface area contributed by atoms with Crippen LogP contribution in [0.25, 0.3) is 10.2 Å². The third-order valence-electron chi connectivity index (χ3n) is 3.69. The molecule has 1 N–H and O–H groups in total. The molecule has 1 fully saturated rings. The Morgan fingerprint density at radius 1 is 1.39 bits per heavy atom. The number of para-hydroxylation sites is 1. The van der Waals surface area contributed by atoms with E-state index in [2.05, 4.69) is 16.4 Å². The van der Waals surface area contributed by atoms with Crippen molar-refractivity contribution in [3.05, 3.63) is 24.3 Å². The molecule has 1 atom stereocenters. The van der Waals surface area contributed by atoms with Crippen LogP contribution < -0.4 is 5.32 Å². The van der Waals surface area contributed by atoms with Gasteiger partial charge < -0.3 is 15.0 Å². The van der Waals surface area contributed by atoms with Gasteiger partial charge in [-0.2, -0.15) is 0 Å². The number of amides is 1. The van der Waals surface area contributed by atoms with E-state index in [1.165, 1.54) is 4.70 Å². The molecule has 1 aromatic heterocycles. The van der Waals surface area contributed by atoms with Crippen LogP contribution in [0.3, 0.4) is 0 Å². The minimum absolute atomic E-state index is 0.219. The van der Waals surface area contributed by atoms with Crippen LogP contribution in [0, 0.1) is 0 Å². The number of hydrogen-bond acceptors (Lipinski definition) is 5. The van der Waals surface area contributed by atoms with Crippen molar-refractivity contribution in [3.63, 3.8) is 0 Å². The van der Waals surface area contributed by atoms with Gasteiger partial charge >= 0.3 is 6.09 Å². The number of anilines is 1. The Morgan fingerprint density at radius 3 is 2.91 bits per heavy atom. The molecule has 1 aliphatic heterocycles. The second-order valence-corrected chi connectivity index (χ2v) is 7.93. The summed E-state index contributed by atoms with van der Waals surface area (Å²) in [7, 11) is 0. The second kappa shape index (κ2) is 6.35.